The molecule has 4 rings (SSSR count). The van der Waals surface area contributed by atoms with Crippen molar-refractivity contribution < 1.29 is 8.78 Å². The lowest BCUT2D eigenvalue weighted by molar-refractivity contribution is 0.618. The molecule has 0 atom stereocenters. The predicted octanol–water partition coefficient (Wildman–Crippen LogP) is 4.03. The molecule has 27 heavy (non-hydrogen) atoms. The highest BCUT2D eigenvalue weighted by Crippen LogP contribution is 2.13. The zero-order valence-corrected chi connectivity index (χ0v) is 16.7. The number of nitrogens with zero attached hydrogens (tertiary/aromatic N) is 6. The number of hydrogen-bond donors (Lipinski definition) is 0. The van der Waals surface area contributed by atoms with Crippen molar-refractivity contribution in [2.75, 3.05) is 0 Å². The molecular weight excluding hydrogens is 465 g/mol. The summed E-state index contributed by atoms with van der Waals surface area (Å²) in [7, 11) is 0. The fourth-order valence-electron chi connectivity index (χ4n) is 2.18. The van der Waals surface area contributed by atoms with E-state index >= 15 is 0 Å². The average Bonchev–Trinajstić information content (AvgIpc) is 3.22. The molecule has 0 fully saturated rings. The number of halogens is 3. The Hall–Kier alpha value is -2.69. The van der Waals surface area contributed by atoms with Crippen LogP contribution >= 0.6 is 22.6 Å². The van der Waals surface area contributed by atoms with Crippen LogP contribution in [0.2, 0.25) is 0 Å². The second kappa shape index (κ2) is 8.33. The van der Waals surface area contributed by atoms with Gasteiger partial charge in [0.05, 0.1) is 51.1 Å². The summed E-state index contributed by atoms with van der Waals surface area (Å²) >= 11 is 2.18. The number of aryl methyl sites for hydroxylation is 2. The molecule has 0 aliphatic carbocycles. The number of rotatable bonds is 2. The summed E-state index contributed by atoms with van der Waals surface area (Å²) in [4.78, 5) is 7.50. The van der Waals surface area contributed by atoms with Crippen molar-refractivity contribution >= 4 is 22.6 Å². The van der Waals surface area contributed by atoms with Gasteiger partial charge in [0.1, 0.15) is 11.6 Å². The first-order valence-corrected chi connectivity index (χ1v) is 8.96. The van der Waals surface area contributed by atoms with E-state index in [2.05, 4.69) is 42.8 Å². The van der Waals surface area contributed by atoms with E-state index in [9.17, 15) is 8.78 Å². The van der Waals surface area contributed by atoms with Crippen LogP contribution in [0.1, 0.15) is 11.4 Å². The molecule has 0 aliphatic rings. The summed E-state index contributed by atoms with van der Waals surface area (Å²) in [6.07, 6.45) is 9.09. The minimum atomic E-state index is -0.356. The van der Waals surface area contributed by atoms with Crippen LogP contribution in [0.25, 0.3) is 11.4 Å². The van der Waals surface area contributed by atoms with E-state index in [0.717, 1.165) is 15.0 Å². The van der Waals surface area contributed by atoms with Crippen molar-refractivity contribution in [1.82, 2.24) is 29.5 Å². The Balaban J connectivity index is 0.000000156. The molecule has 0 aliphatic heterocycles. The summed E-state index contributed by atoms with van der Waals surface area (Å²) < 4.78 is 29.9. The van der Waals surface area contributed by atoms with Gasteiger partial charge in [-0.25, -0.2) is 18.1 Å². The average molecular weight is 480 g/mol. The van der Waals surface area contributed by atoms with E-state index in [4.69, 9.17) is 0 Å². The fraction of sp³-hybridized carbons (Fsp3) is 0.111. The van der Waals surface area contributed by atoms with Gasteiger partial charge in [0, 0.05) is 24.5 Å². The first kappa shape index (κ1) is 19.1. The maximum Gasteiger partial charge on any atom is 0.143 e. The lowest BCUT2D eigenvalue weighted by Crippen LogP contribution is -1.96. The van der Waals surface area contributed by atoms with Crippen molar-refractivity contribution in [2.45, 2.75) is 13.8 Å². The number of pyridine rings is 2. The Morgan fingerprint density at radius 3 is 1.89 bits per heavy atom. The van der Waals surface area contributed by atoms with Crippen molar-refractivity contribution in [1.29, 1.82) is 0 Å². The van der Waals surface area contributed by atoms with Crippen molar-refractivity contribution in [2.24, 2.45) is 0 Å². The molecule has 0 N–H and O–H groups in total. The molecule has 0 spiro atoms. The van der Waals surface area contributed by atoms with Gasteiger partial charge in [0.15, 0.2) is 0 Å². The molecular formula is C18H15F2IN6. The third-order valence-corrected chi connectivity index (χ3v) is 4.53. The molecule has 4 aromatic rings. The van der Waals surface area contributed by atoms with Crippen LogP contribution in [0.15, 0.2) is 55.4 Å². The van der Waals surface area contributed by atoms with Gasteiger partial charge >= 0.3 is 0 Å². The van der Waals surface area contributed by atoms with Gasteiger partial charge in [-0.2, -0.15) is 10.2 Å². The smallest absolute Gasteiger partial charge is 0.143 e. The third kappa shape index (κ3) is 4.94. The lowest BCUT2D eigenvalue weighted by Gasteiger charge is -1.99. The molecule has 9 heteroatoms. The number of aromatic nitrogens is 6. The van der Waals surface area contributed by atoms with Gasteiger partial charge < -0.3 is 0 Å². The van der Waals surface area contributed by atoms with Crippen LogP contribution in [0, 0.1) is 29.1 Å². The summed E-state index contributed by atoms with van der Waals surface area (Å²) in [6.45, 7) is 3.79. The second-order valence-corrected chi connectivity index (χ2v) is 6.79. The molecule has 0 unspecified atom stereocenters. The van der Waals surface area contributed by atoms with Crippen molar-refractivity contribution in [3.05, 3.63) is 82.0 Å². The van der Waals surface area contributed by atoms with E-state index in [1.807, 2.05) is 26.1 Å². The van der Waals surface area contributed by atoms with Crippen LogP contribution in [0.3, 0.4) is 0 Å². The molecule has 138 valence electrons. The van der Waals surface area contributed by atoms with Gasteiger partial charge in [-0.05, 0) is 42.5 Å². The Labute approximate surface area is 168 Å². The van der Waals surface area contributed by atoms with E-state index in [-0.39, 0.29) is 11.6 Å². The van der Waals surface area contributed by atoms with E-state index in [1.54, 1.807) is 28.0 Å². The predicted molar refractivity (Wildman–Crippen MR) is 105 cm³/mol. The van der Waals surface area contributed by atoms with Crippen LogP contribution < -0.4 is 0 Å². The first-order valence-electron chi connectivity index (χ1n) is 7.88. The zero-order chi connectivity index (χ0) is 19.4. The normalized spacial score (nSPS) is 10.4. The standard InChI is InChI=1S/C9H7FIN3.C9H8FN3/c1-6-9(11)5-14(13-6)8-2-7(10)3-12-4-8;1-7-2-3-13(12-7)9-4-8(10)5-11-6-9/h2-5H,1H3;2-6H,1H3. The van der Waals surface area contributed by atoms with Gasteiger partial charge in [0.25, 0.3) is 0 Å². The van der Waals surface area contributed by atoms with Gasteiger partial charge in [0.2, 0.25) is 0 Å². The van der Waals surface area contributed by atoms with Crippen LogP contribution in [0.5, 0.6) is 0 Å². The van der Waals surface area contributed by atoms with Gasteiger partial charge in [-0.1, -0.05) is 0 Å². The maximum absolute atomic E-state index is 12.9. The van der Waals surface area contributed by atoms with E-state index < -0.39 is 0 Å². The molecule has 6 nitrogen and oxygen atoms in total. The van der Waals surface area contributed by atoms with Gasteiger partial charge in [-0.3, -0.25) is 9.97 Å². The largest absolute Gasteiger partial charge is 0.259 e. The number of hydrogen-bond acceptors (Lipinski definition) is 4. The molecule has 0 saturated carbocycles. The summed E-state index contributed by atoms with van der Waals surface area (Å²) in [5.41, 5.74) is 3.09. The summed E-state index contributed by atoms with van der Waals surface area (Å²) in [5.74, 6) is -0.712. The molecule has 0 amide bonds. The zero-order valence-electron chi connectivity index (χ0n) is 14.5. The van der Waals surface area contributed by atoms with Crippen LogP contribution in [-0.4, -0.2) is 29.5 Å². The lowest BCUT2D eigenvalue weighted by atomic mass is 10.4. The Morgan fingerprint density at radius 1 is 0.852 bits per heavy atom. The quantitative estimate of drug-likeness (QED) is 0.407. The van der Waals surface area contributed by atoms with Crippen LogP contribution in [0.4, 0.5) is 8.78 Å². The minimum Gasteiger partial charge on any atom is -0.259 e. The van der Waals surface area contributed by atoms with Gasteiger partial charge in [-0.15, -0.1) is 0 Å². The molecule has 0 aromatic carbocycles. The maximum atomic E-state index is 12.9. The highest BCUT2D eigenvalue weighted by molar-refractivity contribution is 14.1. The third-order valence-electron chi connectivity index (χ3n) is 3.47. The molecule has 0 radical (unpaired) electrons. The van der Waals surface area contributed by atoms with E-state index in [0.29, 0.717) is 11.4 Å². The Kier molecular flexibility index (Phi) is 5.89. The minimum absolute atomic E-state index is 0.356. The monoisotopic (exact) mass is 480 g/mol. The molecule has 4 heterocycles. The van der Waals surface area contributed by atoms with E-state index in [1.165, 1.54) is 24.5 Å². The topological polar surface area (TPSA) is 61.4 Å². The first-order chi connectivity index (χ1) is 12.9. The SMILES string of the molecule is Cc1ccn(-c2cncc(F)c2)n1.Cc1nn(-c2cncc(F)c2)cc1I. The van der Waals surface area contributed by atoms with Crippen molar-refractivity contribution in [3.63, 3.8) is 0 Å². The Morgan fingerprint density at radius 2 is 1.44 bits per heavy atom. The molecule has 0 bridgehead atoms. The summed E-state index contributed by atoms with van der Waals surface area (Å²) in [6, 6.07) is 4.64. The fourth-order valence-corrected chi connectivity index (χ4v) is 2.55. The molecule has 4 aromatic heterocycles. The summed E-state index contributed by atoms with van der Waals surface area (Å²) in [5, 5.41) is 8.36. The van der Waals surface area contributed by atoms with Crippen LogP contribution in [-0.2, 0) is 0 Å². The second-order valence-electron chi connectivity index (χ2n) is 5.63. The van der Waals surface area contributed by atoms with Crippen molar-refractivity contribution in [3.8, 4) is 11.4 Å². The Bertz CT molecular complexity index is 1040. The molecule has 0 saturated heterocycles. The highest BCUT2D eigenvalue weighted by Gasteiger charge is 2.04. The highest BCUT2D eigenvalue weighted by atomic mass is 127.